The van der Waals surface area contributed by atoms with E-state index in [0.717, 1.165) is 16.3 Å². The minimum Gasteiger partial charge on any atom is -0.462 e. The molecule has 8 nitrogen and oxygen atoms in total. The second-order valence-electron chi connectivity index (χ2n) is 6.20. The molecule has 0 saturated heterocycles. The summed E-state index contributed by atoms with van der Waals surface area (Å²) in [5.74, 6) is -0.948. The molecule has 0 spiro atoms. The number of hydrogen-bond acceptors (Lipinski definition) is 5. The number of fused-ring (bicyclic) bond motifs is 1. The van der Waals surface area contributed by atoms with E-state index in [1.165, 1.54) is 0 Å². The van der Waals surface area contributed by atoms with Gasteiger partial charge in [0.1, 0.15) is 5.56 Å². The van der Waals surface area contributed by atoms with E-state index in [-0.39, 0.29) is 18.1 Å². The normalized spacial score (nSPS) is 14.8. The molecule has 1 aliphatic heterocycles. The quantitative estimate of drug-likeness (QED) is 0.806. The maximum atomic E-state index is 12.2. The lowest BCUT2D eigenvalue weighted by Gasteiger charge is -2.16. The number of carbonyl (C=O) groups is 2. The first-order chi connectivity index (χ1) is 11.8. The SMILES string of the molecule is CCOC(=O)c1cn(-c2ccc3c(c2)C(C)(C)C(=O)N3)c(=O)[nH]c1=O. The molecule has 0 aliphatic carbocycles. The predicted octanol–water partition coefficient (Wildman–Crippen LogP) is 0.932. The van der Waals surface area contributed by atoms with Gasteiger partial charge in [-0.3, -0.25) is 19.1 Å². The molecule has 1 aromatic heterocycles. The molecule has 0 atom stereocenters. The molecule has 1 aliphatic rings. The van der Waals surface area contributed by atoms with E-state index in [2.05, 4.69) is 10.3 Å². The summed E-state index contributed by atoms with van der Waals surface area (Å²) in [7, 11) is 0. The van der Waals surface area contributed by atoms with Gasteiger partial charge in [-0.25, -0.2) is 9.59 Å². The molecule has 2 heterocycles. The summed E-state index contributed by atoms with van der Waals surface area (Å²) in [6, 6.07) is 4.98. The van der Waals surface area contributed by atoms with Gasteiger partial charge in [-0.1, -0.05) is 0 Å². The molecule has 0 fully saturated rings. The van der Waals surface area contributed by atoms with E-state index in [1.807, 2.05) is 0 Å². The molecule has 1 aromatic carbocycles. The van der Waals surface area contributed by atoms with Gasteiger partial charge in [0, 0.05) is 11.9 Å². The van der Waals surface area contributed by atoms with Gasteiger partial charge in [-0.2, -0.15) is 0 Å². The van der Waals surface area contributed by atoms with Crippen molar-refractivity contribution in [2.75, 3.05) is 11.9 Å². The first-order valence-corrected chi connectivity index (χ1v) is 7.75. The van der Waals surface area contributed by atoms with Gasteiger partial charge in [0.25, 0.3) is 5.56 Å². The summed E-state index contributed by atoms with van der Waals surface area (Å²) < 4.78 is 5.98. The molecule has 25 heavy (non-hydrogen) atoms. The van der Waals surface area contributed by atoms with Gasteiger partial charge in [0.05, 0.1) is 17.7 Å². The molecule has 0 bridgehead atoms. The van der Waals surface area contributed by atoms with E-state index in [4.69, 9.17) is 4.74 Å². The summed E-state index contributed by atoms with van der Waals surface area (Å²) in [5, 5.41) is 2.78. The van der Waals surface area contributed by atoms with Crippen molar-refractivity contribution in [3.8, 4) is 5.69 Å². The number of H-pyrrole nitrogens is 1. The number of carbonyl (C=O) groups excluding carboxylic acids is 2. The average molecular weight is 343 g/mol. The minimum absolute atomic E-state index is 0.109. The van der Waals surface area contributed by atoms with Crippen LogP contribution >= 0.6 is 0 Å². The van der Waals surface area contributed by atoms with Crippen LogP contribution in [0.25, 0.3) is 5.69 Å². The predicted molar refractivity (Wildman–Crippen MR) is 90.3 cm³/mol. The van der Waals surface area contributed by atoms with Crippen molar-refractivity contribution in [2.24, 2.45) is 0 Å². The van der Waals surface area contributed by atoms with Crippen LogP contribution in [-0.4, -0.2) is 28.0 Å². The molecule has 2 aromatic rings. The van der Waals surface area contributed by atoms with E-state index < -0.39 is 22.6 Å². The standard InChI is InChI=1S/C17H17N3O5/c1-4-25-14(22)10-8-20(16(24)19-13(10)21)9-5-6-12-11(7-9)17(2,3)15(23)18-12/h5-8H,4H2,1-3H3,(H,18,23)(H,19,21,24). The van der Waals surface area contributed by atoms with Gasteiger partial charge in [0.15, 0.2) is 0 Å². The fourth-order valence-corrected chi connectivity index (χ4v) is 2.73. The number of nitrogens with one attached hydrogen (secondary N) is 2. The number of esters is 1. The Hall–Kier alpha value is -3.16. The molecular formula is C17H17N3O5. The molecule has 130 valence electrons. The smallest absolute Gasteiger partial charge is 0.345 e. The van der Waals surface area contributed by atoms with Crippen molar-refractivity contribution < 1.29 is 14.3 Å². The minimum atomic E-state index is -0.809. The van der Waals surface area contributed by atoms with Gasteiger partial charge < -0.3 is 10.1 Å². The van der Waals surface area contributed by atoms with Crippen molar-refractivity contribution >= 4 is 17.6 Å². The monoisotopic (exact) mass is 343 g/mol. The highest BCUT2D eigenvalue weighted by molar-refractivity contribution is 6.05. The first-order valence-electron chi connectivity index (χ1n) is 7.75. The Morgan fingerprint density at radius 1 is 1.24 bits per heavy atom. The van der Waals surface area contributed by atoms with E-state index in [0.29, 0.717) is 11.4 Å². The Balaban J connectivity index is 2.16. The van der Waals surface area contributed by atoms with Gasteiger partial charge in [-0.15, -0.1) is 0 Å². The third kappa shape index (κ3) is 2.65. The topological polar surface area (TPSA) is 110 Å². The van der Waals surface area contributed by atoms with Crippen LogP contribution in [0.4, 0.5) is 5.69 Å². The molecule has 0 unspecified atom stereocenters. The van der Waals surface area contributed by atoms with E-state index in [9.17, 15) is 19.2 Å². The molecule has 0 saturated carbocycles. The van der Waals surface area contributed by atoms with Crippen molar-refractivity contribution in [1.29, 1.82) is 0 Å². The number of benzene rings is 1. The van der Waals surface area contributed by atoms with Crippen LogP contribution in [0.1, 0.15) is 36.7 Å². The van der Waals surface area contributed by atoms with Crippen LogP contribution in [0, 0.1) is 0 Å². The molecular weight excluding hydrogens is 326 g/mol. The maximum absolute atomic E-state index is 12.2. The zero-order valence-electron chi connectivity index (χ0n) is 14.0. The lowest BCUT2D eigenvalue weighted by atomic mass is 9.86. The van der Waals surface area contributed by atoms with Crippen LogP contribution in [0.15, 0.2) is 34.0 Å². The van der Waals surface area contributed by atoms with Crippen LogP contribution in [0.2, 0.25) is 0 Å². The van der Waals surface area contributed by atoms with E-state index in [1.54, 1.807) is 39.0 Å². The molecule has 0 radical (unpaired) electrons. The van der Waals surface area contributed by atoms with Crippen molar-refractivity contribution in [3.63, 3.8) is 0 Å². The number of aromatic amines is 1. The summed E-state index contributed by atoms with van der Waals surface area (Å²) in [5.41, 5.74) is -0.689. The summed E-state index contributed by atoms with van der Waals surface area (Å²) in [4.78, 5) is 50.1. The van der Waals surface area contributed by atoms with Crippen LogP contribution < -0.4 is 16.6 Å². The van der Waals surface area contributed by atoms with Gasteiger partial charge in [-0.05, 0) is 44.5 Å². The number of rotatable bonds is 3. The highest BCUT2D eigenvalue weighted by Crippen LogP contribution is 2.38. The van der Waals surface area contributed by atoms with Crippen LogP contribution in [-0.2, 0) is 14.9 Å². The number of aromatic nitrogens is 2. The van der Waals surface area contributed by atoms with Crippen LogP contribution in [0.5, 0.6) is 0 Å². The summed E-state index contributed by atoms with van der Waals surface area (Å²) in [6.07, 6.45) is 1.15. The summed E-state index contributed by atoms with van der Waals surface area (Å²) >= 11 is 0. The lowest BCUT2D eigenvalue weighted by Crippen LogP contribution is -2.33. The number of nitrogens with zero attached hydrogens (tertiary/aromatic N) is 1. The second-order valence-corrected chi connectivity index (χ2v) is 6.20. The van der Waals surface area contributed by atoms with E-state index >= 15 is 0 Å². The number of anilines is 1. The Morgan fingerprint density at radius 3 is 2.64 bits per heavy atom. The zero-order chi connectivity index (χ0) is 18.4. The number of ether oxygens (including phenoxy) is 1. The first kappa shape index (κ1) is 16.7. The van der Waals surface area contributed by atoms with Gasteiger partial charge >= 0.3 is 11.7 Å². The Bertz CT molecular complexity index is 1000. The van der Waals surface area contributed by atoms with Crippen molar-refractivity contribution in [2.45, 2.75) is 26.2 Å². The lowest BCUT2D eigenvalue weighted by molar-refractivity contribution is -0.119. The average Bonchev–Trinajstić information content (AvgIpc) is 2.77. The number of amides is 1. The Kier molecular flexibility index (Phi) is 3.82. The molecule has 1 amide bonds. The fraction of sp³-hybridized carbons (Fsp3) is 0.294. The van der Waals surface area contributed by atoms with Gasteiger partial charge in [0.2, 0.25) is 5.91 Å². The molecule has 8 heteroatoms. The highest BCUT2D eigenvalue weighted by Gasteiger charge is 2.38. The third-order valence-corrected chi connectivity index (χ3v) is 4.21. The number of hydrogen-bond donors (Lipinski definition) is 2. The van der Waals surface area contributed by atoms with Crippen molar-refractivity contribution in [3.05, 3.63) is 56.4 Å². The van der Waals surface area contributed by atoms with Crippen molar-refractivity contribution in [1.82, 2.24) is 9.55 Å². The molecule has 3 rings (SSSR count). The molecule has 2 N–H and O–H groups in total. The fourth-order valence-electron chi connectivity index (χ4n) is 2.73. The Morgan fingerprint density at radius 2 is 1.96 bits per heavy atom. The second kappa shape index (κ2) is 5.73. The third-order valence-electron chi connectivity index (χ3n) is 4.21. The Labute approximate surface area is 142 Å². The highest BCUT2D eigenvalue weighted by atomic mass is 16.5. The zero-order valence-corrected chi connectivity index (χ0v) is 14.0. The largest absolute Gasteiger partial charge is 0.462 e. The summed E-state index contributed by atoms with van der Waals surface area (Å²) in [6.45, 7) is 5.28. The van der Waals surface area contributed by atoms with Crippen LogP contribution in [0.3, 0.4) is 0 Å². The maximum Gasteiger partial charge on any atom is 0.345 e.